The molecule has 0 aromatic heterocycles. The highest BCUT2D eigenvalue weighted by Gasteiger charge is 2.23. The van der Waals surface area contributed by atoms with Gasteiger partial charge in [0.2, 0.25) is 10.0 Å². The van der Waals surface area contributed by atoms with Crippen molar-refractivity contribution < 1.29 is 13.2 Å². The summed E-state index contributed by atoms with van der Waals surface area (Å²) in [6.45, 7) is 4.07. The molecule has 0 spiro atoms. The molecule has 0 radical (unpaired) electrons. The second-order valence-electron chi connectivity index (χ2n) is 6.06. The van der Waals surface area contributed by atoms with Crippen molar-refractivity contribution in [2.75, 3.05) is 10.6 Å². The number of benzene rings is 2. The lowest BCUT2D eigenvalue weighted by atomic mass is 10.1. The molecule has 25 heavy (non-hydrogen) atoms. The van der Waals surface area contributed by atoms with Crippen molar-refractivity contribution in [3.63, 3.8) is 0 Å². The SMILES string of the molecule is CC[C@@H](C)NC(=O)c1ccccc1N(Cc1ccccc1)S(C)(=O)=O. The van der Waals surface area contributed by atoms with Gasteiger partial charge in [-0.1, -0.05) is 49.4 Å². The molecular weight excluding hydrogens is 336 g/mol. The molecule has 0 saturated heterocycles. The van der Waals surface area contributed by atoms with Crippen LogP contribution in [-0.4, -0.2) is 26.6 Å². The number of hydrogen-bond acceptors (Lipinski definition) is 3. The van der Waals surface area contributed by atoms with Crippen molar-refractivity contribution in [3.05, 3.63) is 65.7 Å². The van der Waals surface area contributed by atoms with Gasteiger partial charge in [-0.3, -0.25) is 9.10 Å². The first-order chi connectivity index (χ1) is 11.8. The molecule has 6 heteroatoms. The number of anilines is 1. The third-order valence-corrected chi connectivity index (χ3v) is 5.10. The minimum Gasteiger partial charge on any atom is -0.350 e. The predicted octanol–water partition coefficient (Wildman–Crippen LogP) is 3.18. The molecule has 0 aliphatic rings. The first-order valence-corrected chi connectivity index (χ1v) is 10.1. The number of hydrogen-bond donors (Lipinski definition) is 1. The Bertz CT molecular complexity index is 820. The zero-order valence-corrected chi connectivity index (χ0v) is 15.6. The van der Waals surface area contributed by atoms with E-state index in [1.807, 2.05) is 44.2 Å². The van der Waals surface area contributed by atoms with Crippen LogP contribution in [0.25, 0.3) is 0 Å². The number of sulfonamides is 1. The van der Waals surface area contributed by atoms with Gasteiger partial charge < -0.3 is 5.32 Å². The average molecular weight is 360 g/mol. The summed E-state index contributed by atoms with van der Waals surface area (Å²) in [4.78, 5) is 12.6. The molecular formula is C19H24N2O3S. The molecule has 2 rings (SSSR count). The van der Waals surface area contributed by atoms with Gasteiger partial charge in [0.05, 0.1) is 24.1 Å². The number of nitrogens with zero attached hydrogens (tertiary/aromatic N) is 1. The fourth-order valence-corrected chi connectivity index (χ4v) is 3.32. The number of nitrogens with one attached hydrogen (secondary N) is 1. The number of rotatable bonds is 7. The maximum Gasteiger partial charge on any atom is 0.253 e. The molecule has 5 nitrogen and oxygen atoms in total. The Morgan fingerprint density at radius 3 is 2.28 bits per heavy atom. The van der Waals surface area contributed by atoms with Crippen LogP contribution in [0.2, 0.25) is 0 Å². The monoisotopic (exact) mass is 360 g/mol. The second-order valence-corrected chi connectivity index (χ2v) is 7.96. The Morgan fingerprint density at radius 1 is 1.08 bits per heavy atom. The van der Waals surface area contributed by atoms with Gasteiger partial charge in [-0.2, -0.15) is 0 Å². The Balaban J connectivity index is 2.43. The van der Waals surface area contributed by atoms with Crippen molar-refractivity contribution in [2.45, 2.75) is 32.9 Å². The average Bonchev–Trinajstić information content (AvgIpc) is 2.59. The van der Waals surface area contributed by atoms with E-state index in [4.69, 9.17) is 0 Å². The maximum atomic E-state index is 12.6. The fourth-order valence-electron chi connectivity index (χ4n) is 2.42. The maximum absolute atomic E-state index is 12.6. The van der Waals surface area contributed by atoms with Gasteiger partial charge in [0.15, 0.2) is 0 Å². The van der Waals surface area contributed by atoms with Gasteiger partial charge >= 0.3 is 0 Å². The largest absolute Gasteiger partial charge is 0.350 e. The van der Waals surface area contributed by atoms with Crippen LogP contribution in [0.5, 0.6) is 0 Å². The van der Waals surface area contributed by atoms with Crippen LogP contribution < -0.4 is 9.62 Å². The van der Waals surface area contributed by atoms with Gasteiger partial charge in [-0.05, 0) is 31.0 Å². The summed E-state index contributed by atoms with van der Waals surface area (Å²) in [6.07, 6.45) is 1.95. The van der Waals surface area contributed by atoms with E-state index in [0.29, 0.717) is 11.3 Å². The van der Waals surface area contributed by atoms with Crippen molar-refractivity contribution >= 4 is 21.6 Å². The van der Waals surface area contributed by atoms with Crippen molar-refractivity contribution in [1.82, 2.24) is 5.32 Å². The smallest absolute Gasteiger partial charge is 0.253 e. The van der Waals surface area contributed by atoms with Crippen LogP contribution in [-0.2, 0) is 16.6 Å². The lowest BCUT2D eigenvalue weighted by molar-refractivity contribution is 0.0940. The Hall–Kier alpha value is -2.34. The summed E-state index contributed by atoms with van der Waals surface area (Å²) in [5, 5.41) is 2.90. The number of para-hydroxylation sites is 1. The molecule has 0 saturated carbocycles. The Morgan fingerprint density at radius 2 is 1.68 bits per heavy atom. The zero-order valence-electron chi connectivity index (χ0n) is 14.8. The van der Waals surface area contributed by atoms with E-state index in [2.05, 4.69) is 5.32 Å². The highest BCUT2D eigenvalue weighted by molar-refractivity contribution is 7.92. The minimum absolute atomic E-state index is 0.0152. The van der Waals surface area contributed by atoms with E-state index < -0.39 is 10.0 Å². The molecule has 0 fully saturated rings. The summed E-state index contributed by atoms with van der Waals surface area (Å²) in [6, 6.07) is 16.1. The third kappa shape index (κ3) is 5.06. The van der Waals surface area contributed by atoms with Gasteiger partial charge in [0, 0.05) is 6.04 Å². The molecule has 1 atom stereocenters. The molecule has 1 amide bonds. The lowest BCUT2D eigenvalue weighted by Gasteiger charge is -2.25. The van der Waals surface area contributed by atoms with Crippen LogP contribution in [0.15, 0.2) is 54.6 Å². The minimum atomic E-state index is -3.55. The van der Waals surface area contributed by atoms with Crippen LogP contribution >= 0.6 is 0 Å². The van der Waals surface area contributed by atoms with Gasteiger partial charge in [-0.25, -0.2) is 8.42 Å². The van der Waals surface area contributed by atoms with E-state index in [0.717, 1.165) is 18.2 Å². The quantitative estimate of drug-likeness (QED) is 0.825. The summed E-state index contributed by atoms with van der Waals surface area (Å²) >= 11 is 0. The zero-order chi connectivity index (χ0) is 18.4. The highest BCUT2D eigenvalue weighted by Crippen LogP contribution is 2.25. The predicted molar refractivity (Wildman–Crippen MR) is 101 cm³/mol. The molecule has 2 aromatic carbocycles. The summed E-state index contributed by atoms with van der Waals surface area (Å²) in [5.41, 5.74) is 1.59. The molecule has 2 aromatic rings. The van der Waals surface area contributed by atoms with Crippen LogP contribution in [0.4, 0.5) is 5.69 Å². The topological polar surface area (TPSA) is 66.5 Å². The third-order valence-electron chi connectivity index (χ3n) is 3.98. The summed E-state index contributed by atoms with van der Waals surface area (Å²) in [5.74, 6) is -0.272. The summed E-state index contributed by atoms with van der Waals surface area (Å²) in [7, 11) is -3.55. The van der Waals surface area contributed by atoms with Gasteiger partial charge in [0.25, 0.3) is 5.91 Å². The standard InChI is InChI=1S/C19H24N2O3S/c1-4-15(2)20-19(22)17-12-8-9-13-18(17)21(25(3,23)24)14-16-10-6-5-7-11-16/h5-13,15H,4,14H2,1-3H3,(H,20,22)/t15-/m1/s1. The van der Waals surface area contributed by atoms with Crippen molar-refractivity contribution in [1.29, 1.82) is 0 Å². The number of carbonyl (C=O) groups is 1. The normalized spacial score (nSPS) is 12.4. The number of carbonyl (C=O) groups excluding carboxylic acids is 1. The van der Waals surface area contributed by atoms with Crippen LogP contribution in [0.1, 0.15) is 36.2 Å². The van der Waals surface area contributed by atoms with Gasteiger partial charge in [-0.15, -0.1) is 0 Å². The molecule has 0 unspecified atom stereocenters. The van der Waals surface area contributed by atoms with E-state index in [9.17, 15) is 13.2 Å². The fraction of sp³-hybridized carbons (Fsp3) is 0.316. The molecule has 0 bridgehead atoms. The van der Waals surface area contributed by atoms with Crippen molar-refractivity contribution in [2.24, 2.45) is 0 Å². The van der Waals surface area contributed by atoms with E-state index in [1.54, 1.807) is 24.3 Å². The van der Waals surface area contributed by atoms with E-state index in [-0.39, 0.29) is 18.5 Å². The lowest BCUT2D eigenvalue weighted by Crippen LogP contribution is -2.35. The van der Waals surface area contributed by atoms with E-state index >= 15 is 0 Å². The Labute approximate surface area is 149 Å². The Kier molecular flexibility index (Phi) is 6.20. The first kappa shape index (κ1) is 19.0. The first-order valence-electron chi connectivity index (χ1n) is 8.24. The molecule has 0 aliphatic heterocycles. The van der Waals surface area contributed by atoms with E-state index in [1.165, 1.54) is 4.31 Å². The number of amides is 1. The van der Waals surface area contributed by atoms with Crippen LogP contribution in [0, 0.1) is 0 Å². The van der Waals surface area contributed by atoms with Crippen molar-refractivity contribution in [3.8, 4) is 0 Å². The van der Waals surface area contributed by atoms with Crippen LogP contribution in [0.3, 0.4) is 0 Å². The van der Waals surface area contributed by atoms with Gasteiger partial charge in [0.1, 0.15) is 0 Å². The highest BCUT2D eigenvalue weighted by atomic mass is 32.2. The molecule has 1 N–H and O–H groups in total. The second kappa shape index (κ2) is 8.16. The molecule has 134 valence electrons. The summed E-state index contributed by atoms with van der Waals surface area (Å²) < 4.78 is 26.0. The molecule has 0 aliphatic carbocycles. The molecule has 0 heterocycles.